The number of rotatable bonds is 2. The molecule has 6 heteroatoms. The highest BCUT2D eigenvalue weighted by Gasteiger charge is 2.46. The van der Waals surface area contributed by atoms with Crippen molar-refractivity contribution in [1.82, 2.24) is 4.98 Å². The summed E-state index contributed by atoms with van der Waals surface area (Å²) in [5, 5.41) is 3.60. The Morgan fingerprint density at radius 1 is 1.28 bits per heavy atom. The lowest BCUT2D eigenvalue weighted by Gasteiger charge is -2.06. The fourth-order valence-electron chi connectivity index (χ4n) is 2.17. The average molecular weight is 288 g/mol. The van der Waals surface area contributed by atoms with Gasteiger partial charge in [-0.2, -0.15) is 0 Å². The molecule has 0 atom stereocenters. The summed E-state index contributed by atoms with van der Waals surface area (Å²) in [6.07, 6.45) is 7.49. The molecule has 4 nitrogen and oxygen atoms in total. The first-order chi connectivity index (χ1) is 8.17. The maximum Gasteiger partial charge on any atom is 0.246 e. The Labute approximate surface area is 117 Å². The summed E-state index contributed by atoms with van der Waals surface area (Å²) < 4.78 is 0. The summed E-state index contributed by atoms with van der Waals surface area (Å²) in [7, 11) is 0. The minimum absolute atomic E-state index is 0. The van der Waals surface area contributed by atoms with Crippen molar-refractivity contribution in [1.29, 1.82) is 0 Å². The molecule has 3 rings (SSSR count). The van der Waals surface area contributed by atoms with Crippen molar-refractivity contribution in [2.45, 2.75) is 50.5 Å². The van der Waals surface area contributed by atoms with E-state index in [4.69, 9.17) is 5.73 Å². The van der Waals surface area contributed by atoms with Gasteiger partial charge in [0.15, 0.2) is 5.13 Å². The first kappa shape index (κ1) is 13.8. The van der Waals surface area contributed by atoms with Crippen LogP contribution in [0.5, 0.6) is 0 Å². The molecule has 0 saturated heterocycles. The number of nitrogens with two attached hydrogens (primary N) is 1. The fourth-order valence-corrected chi connectivity index (χ4v) is 3.21. The molecule has 0 radical (unpaired) electrons. The van der Waals surface area contributed by atoms with Crippen LogP contribution in [0.4, 0.5) is 5.13 Å². The zero-order valence-electron chi connectivity index (χ0n) is 10.2. The van der Waals surface area contributed by atoms with Gasteiger partial charge in [-0.1, -0.05) is 6.42 Å². The lowest BCUT2D eigenvalue weighted by atomic mass is 10.2. The van der Waals surface area contributed by atoms with Crippen molar-refractivity contribution in [3.8, 4) is 0 Å². The highest BCUT2D eigenvalue weighted by atomic mass is 35.5. The molecule has 18 heavy (non-hydrogen) atoms. The Balaban J connectivity index is 0.00000120. The molecular formula is C12H18ClN3OS. The second-order valence-corrected chi connectivity index (χ2v) is 6.14. The minimum Gasteiger partial charge on any atom is -0.317 e. The highest BCUT2D eigenvalue weighted by Crippen LogP contribution is 2.35. The maximum absolute atomic E-state index is 11.8. The second kappa shape index (κ2) is 5.15. The van der Waals surface area contributed by atoms with E-state index in [-0.39, 0.29) is 18.3 Å². The molecule has 1 aromatic heterocycles. The molecule has 2 aliphatic rings. The molecule has 0 spiro atoms. The van der Waals surface area contributed by atoms with Crippen LogP contribution >= 0.6 is 23.7 Å². The van der Waals surface area contributed by atoms with Crippen molar-refractivity contribution < 1.29 is 4.79 Å². The lowest BCUT2D eigenvalue weighted by molar-refractivity contribution is -0.118. The number of carbonyl (C=O) groups is 1. The van der Waals surface area contributed by atoms with Crippen LogP contribution in [0.25, 0.3) is 0 Å². The number of hydrogen-bond acceptors (Lipinski definition) is 4. The molecule has 3 N–H and O–H groups in total. The van der Waals surface area contributed by atoms with Crippen molar-refractivity contribution in [3.63, 3.8) is 0 Å². The molecule has 0 aromatic carbocycles. The van der Waals surface area contributed by atoms with Gasteiger partial charge in [-0.3, -0.25) is 4.79 Å². The number of amides is 1. The van der Waals surface area contributed by atoms with Gasteiger partial charge in [-0.25, -0.2) is 4.98 Å². The Kier molecular flexibility index (Phi) is 3.94. The second-order valence-electron chi connectivity index (χ2n) is 5.06. The Morgan fingerprint density at radius 3 is 2.72 bits per heavy atom. The van der Waals surface area contributed by atoms with Crippen LogP contribution < -0.4 is 11.1 Å². The van der Waals surface area contributed by atoms with Gasteiger partial charge in [0.1, 0.15) is 0 Å². The summed E-state index contributed by atoms with van der Waals surface area (Å²) in [5.41, 5.74) is 6.43. The number of aryl methyl sites for hydroxylation is 2. The smallest absolute Gasteiger partial charge is 0.246 e. The number of carbonyl (C=O) groups excluding carboxylic acids is 1. The van der Waals surface area contributed by atoms with Crippen LogP contribution in [-0.4, -0.2) is 16.4 Å². The van der Waals surface area contributed by atoms with E-state index in [2.05, 4.69) is 10.3 Å². The highest BCUT2D eigenvalue weighted by molar-refractivity contribution is 7.15. The Bertz CT molecular complexity index is 433. The maximum atomic E-state index is 11.8. The third-order valence-corrected chi connectivity index (χ3v) is 4.63. The van der Waals surface area contributed by atoms with Crippen molar-refractivity contribution in [3.05, 3.63) is 10.6 Å². The van der Waals surface area contributed by atoms with Gasteiger partial charge < -0.3 is 11.1 Å². The molecule has 100 valence electrons. The number of nitrogens with one attached hydrogen (secondary N) is 1. The van der Waals surface area contributed by atoms with E-state index in [0.29, 0.717) is 0 Å². The summed E-state index contributed by atoms with van der Waals surface area (Å²) in [4.78, 5) is 17.7. The molecule has 2 aliphatic carbocycles. The van der Waals surface area contributed by atoms with Crippen LogP contribution in [0.2, 0.25) is 0 Å². The zero-order chi connectivity index (χ0) is 11.9. The SMILES string of the molecule is Cl.NC1(C(=O)Nc2nc3c(s2)CCCCC3)CC1. The number of halogens is 1. The average Bonchev–Trinajstić information content (AvgIpc) is 3.00. The normalized spacial score (nSPS) is 20.3. The van der Waals surface area contributed by atoms with Crippen molar-refractivity contribution in [2.24, 2.45) is 5.73 Å². The Hall–Kier alpha value is -0.650. The van der Waals surface area contributed by atoms with Gasteiger partial charge in [0.05, 0.1) is 11.2 Å². The Morgan fingerprint density at radius 2 is 2.00 bits per heavy atom. The number of anilines is 1. The summed E-state index contributed by atoms with van der Waals surface area (Å²) in [5.74, 6) is -0.0681. The largest absolute Gasteiger partial charge is 0.317 e. The number of nitrogens with zero attached hydrogens (tertiary/aromatic N) is 1. The molecule has 1 fully saturated rings. The van der Waals surface area contributed by atoms with Gasteiger partial charge in [-0.05, 0) is 38.5 Å². The minimum atomic E-state index is -0.608. The van der Waals surface area contributed by atoms with Gasteiger partial charge in [-0.15, -0.1) is 23.7 Å². The van der Waals surface area contributed by atoms with E-state index in [9.17, 15) is 4.79 Å². The van der Waals surface area contributed by atoms with Crippen molar-refractivity contribution in [2.75, 3.05) is 5.32 Å². The van der Waals surface area contributed by atoms with Crippen molar-refractivity contribution >= 4 is 34.8 Å². The van der Waals surface area contributed by atoms with Gasteiger partial charge in [0, 0.05) is 4.88 Å². The molecule has 1 heterocycles. The van der Waals surface area contributed by atoms with Crippen LogP contribution in [0.3, 0.4) is 0 Å². The number of fused-ring (bicyclic) bond motifs is 1. The third kappa shape index (κ3) is 2.68. The van der Waals surface area contributed by atoms with Gasteiger partial charge in [0.2, 0.25) is 5.91 Å². The number of hydrogen-bond donors (Lipinski definition) is 2. The van der Waals surface area contributed by atoms with Crippen LogP contribution in [0.15, 0.2) is 0 Å². The molecule has 1 amide bonds. The van der Waals surface area contributed by atoms with Gasteiger partial charge >= 0.3 is 0 Å². The van der Waals surface area contributed by atoms with E-state index in [1.54, 1.807) is 11.3 Å². The van der Waals surface area contributed by atoms with Crippen LogP contribution in [0.1, 0.15) is 42.7 Å². The fraction of sp³-hybridized carbons (Fsp3) is 0.667. The zero-order valence-corrected chi connectivity index (χ0v) is 11.8. The first-order valence-corrected chi connectivity index (χ1v) is 7.08. The molecule has 0 bridgehead atoms. The topological polar surface area (TPSA) is 68.0 Å². The monoisotopic (exact) mass is 287 g/mol. The standard InChI is InChI=1S/C12H17N3OS.ClH/c13-12(6-7-12)10(16)15-11-14-8-4-2-1-3-5-9(8)17-11;/h1-7,13H2,(H,14,15,16);1H. The van der Waals surface area contributed by atoms with E-state index in [1.807, 2.05) is 0 Å². The molecule has 0 unspecified atom stereocenters. The molecule has 1 saturated carbocycles. The quantitative estimate of drug-likeness (QED) is 0.820. The van der Waals surface area contributed by atoms with Gasteiger partial charge in [0.25, 0.3) is 0 Å². The summed E-state index contributed by atoms with van der Waals surface area (Å²) in [6.45, 7) is 0. The van der Waals surface area contributed by atoms with Crippen LogP contribution in [0, 0.1) is 0 Å². The van der Waals surface area contributed by atoms with E-state index in [0.717, 1.165) is 30.8 Å². The van der Waals surface area contributed by atoms with Crippen LogP contribution in [-0.2, 0) is 17.6 Å². The predicted molar refractivity (Wildman–Crippen MR) is 75.4 cm³/mol. The first-order valence-electron chi connectivity index (χ1n) is 6.26. The molecule has 0 aliphatic heterocycles. The van der Waals surface area contributed by atoms with E-state index >= 15 is 0 Å². The van der Waals surface area contributed by atoms with E-state index in [1.165, 1.54) is 29.8 Å². The molecular weight excluding hydrogens is 270 g/mol. The lowest BCUT2D eigenvalue weighted by Crippen LogP contribution is -2.37. The number of thiazole rings is 1. The third-order valence-electron chi connectivity index (χ3n) is 3.56. The van der Waals surface area contributed by atoms with E-state index < -0.39 is 5.54 Å². The molecule has 1 aromatic rings. The summed E-state index contributed by atoms with van der Waals surface area (Å²) >= 11 is 1.62. The number of aromatic nitrogens is 1. The predicted octanol–water partition coefficient (Wildman–Crippen LogP) is 2.26. The summed E-state index contributed by atoms with van der Waals surface area (Å²) in [6, 6.07) is 0.